The number of anilines is 1. The van der Waals surface area contributed by atoms with E-state index in [1.54, 1.807) is 60.7 Å². The topological polar surface area (TPSA) is 103 Å². The number of nitrogens with one attached hydrogen (secondary N) is 1. The summed E-state index contributed by atoms with van der Waals surface area (Å²) < 4.78 is 31.5. The van der Waals surface area contributed by atoms with Crippen molar-refractivity contribution >= 4 is 26.7 Å². The number of hydrogen-bond acceptors (Lipinski definition) is 5. The van der Waals surface area contributed by atoms with Gasteiger partial charge in [-0.2, -0.15) is 8.42 Å². The Kier molecular flexibility index (Phi) is 4.75. The van der Waals surface area contributed by atoms with Crippen molar-refractivity contribution in [2.75, 3.05) is 5.43 Å². The third-order valence-electron chi connectivity index (χ3n) is 2.29. The van der Waals surface area contributed by atoms with Crippen LogP contribution in [0.5, 0.6) is 0 Å². The van der Waals surface area contributed by atoms with E-state index in [1.807, 2.05) is 0 Å². The predicted molar refractivity (Wildman–Crippen MR) is 80.0 cm³/mol. The van der Waals surface area contributed by atoms with Crippen LogP contribution in [0.15, 0.2) is 76.0 Å². The molecule has 0 aromatic heterocycles. The number of rotatable bonds is 3. The van der Waals surface area contributed by atoms with E-state index in [1.165, 1.54) is 0 Å². The SMILES string of the molecule is O=S(=O)(O)C(N=Nc1ccccc1)=NNc1ccccc1. The van der Waals surface area contributed by atoms with E-state index in [4.69, 9.17) is 4.55 Å². The molecule has 2 aromatic rings. The highest BCUT2D eigenvalue weighted by molar-refractivity contribution is 8.01. The van der Waals surface area contributed by atoms with Gasteiger partial charge < -0.3 is 0 Å². The van der Waals surface area contributed by atoms with Crippen LogP contribution in [-0.2, 0) is 10.1 Å². The zero-order valence-electron chi connectivity index (χ0n) is 10.8. The van der Waals surface area contributed by atoms with Crippen LogP contribution in [0.3, 0.4) is 0 Å². The van der Waals surface area contributed by atoms with E-state index >= 15 is 0 Å². The third kappa shape index (κ3) is 4.79. The van der Waals surface area contributed by atoms with Crippen LogP contribution in [-0.4, -0.2) is 18.1 Å². The molecule has 7 nitrogen and oxygen atoms in total. The second-order valence-electron chi connectivity index (χ2n) is 3.88. The molecule has 0 radical (unpaired) electrons. The van der Waals surface area contributed by atoms with Gasteiger partial charge >= 0.3 is 15.3 Å². The second kappa shape index (κ2) is 6.73. The summed E-state index contributed by atoms with van der Waals surface area (Å²) in [5, 5.41) is 9.88. The highest BCUT2D eigenvalue weighted by Crippen LogP contribution is 2.11. The fourth-order valence-corrected chi connectivity index (χ4v) is 1.66. The molecule has 8 heteroatoms. The Bertz CT molecular complexity index is 744. The van der Waals surface area contributed by atoms with Gasteiger partial charge in [0.1, 0.15) is 0 Å². The Labute approximate surface area is 121 Å². The average molecular weight is 304 g/mol. The van der Waals surface area contributed by atoms with Gasteiger partial charge in [-0.1, -0.05) is 36.4 Å². The standard InChI is InChI=1S/C13H12N4O3S/c18-21(19,20)13(16-14-11-7-3-1-4-8-11)17-15-12-9-5-2-6-10-12/h1-10,14H,(H,18,19,20). The van der Waals surface area contributed by atoms with Gasteiger partial charge in [-0.3, -0.25) is 9.98 Å². The fourth-order valence-electron chi connectivity index (χ4n) is 1.35. The lowest BCUT2D eigenvalue weighted by Gasteiger charge is -2.00. The maximum Gasteiger partial charge on any atom is 0.333 e. The Morgan fingerprint density at radius 3 is 2.10 bits per heavy atom. The molecular weight excluding hydrogens is 292 g/mol. The first-order valence-electron chi connectivity index (χ1n) is 5.89. The number of nitrogens with zero attached hydrogens (tertiary/aromatic N) is 3. The van der Waals surface area contributed by atoms with Crippen LogP contribution >= 0.6 is 0 Å². The Morgan fingerprint density at radius 2 is 1.52 bits per heavy atom. The highest BCUT2D eigenvalue weighted by atomic mass is 32.2. The molecule has 0 fully saturated rings. The lowest BCUT2D eigenvalue weighted by Crippen LogP contribution is -2.12. The maximum absolute atomic E-state index is 11.2. The molecule has 0 spiro atoms. The van der Waals surface area contributed by atoms with Crippen molar-refractivity contribution < 1.29 is 13.0 Å². The van der Waals surface area contributed by atoms with Gasteiger partial charge in [0.2, 0.25) is 0 Å². The molecule has 0 unspecified atom stereocenters. The van der Waals surface area contributed by atoms with Gasteiger partial charge in [-0.05, 0) is 24.3 Å². The molecule has 2 aromatic carbocycles. The number of hydrogen-bond donors (Lipinski definition) is 2. The summed E-state index contributed by atoms with van der Waals surface area (Å²) in [6.07, 6.45) is 0. The van der Waals surface area contributed by atoms with Gasteiger partial charge in [-0.25, -0.2) is 0 Å². The monoisotopic (exact) mass is 304 g/mol. The summed E-state index contributed by atoms with van der Waals surface area (Å²) in [6.45, 7) is 0. The van der Waals surface area contributed by atoms with Crippen molar-refractivity contribution in [3.8, 4) is 0 Å². The summed E-state index contributed by atoms with van der Waals surface area (Å²) in [5.74, 6) is 0. The van der Waals surface area contributed by atoms with E-state index in [0.717, 1.165) is 0 Å². The summed E-state index contributed by atoms with van der Waals surface area (Å²) in [6, 6.07) is 17.2. The maximum atomic E-state index is 11.2. The van der Waals surface area contributed by atoms with E-state index in [9.17, 15) is 8.42 Å². The molecule has 0 saturated carbocycles. The van der Waals surface area contributed by atoms with Gasteiger partial charge in [0, 0.05) is 0 Å². The molecule has 2 rings (SSSR count). The number of amidine groups is 1. The molecule has 21 heavy (non-hydrogen) atoms. The molecule has 108 valence electrons. The lowest BCUT2D eigenvalue weighted by molar-refractivity contribution is 0.497. The first-order valence-corrected chi connectivity index (χ1v) is 7.33. The normalized spacial score (nSPS) is 12.5. The summed E-state index contributed by atoms with van der Waals surface area (Å²) in [4.78, 5) is 0. The Hall–Kier alpha value is -2.58. The van der Waals surface area contributed by atoms with Crippen LogP contribution in [0.1, 0.15) is 0 Å². The smallest absolute Gasteiger partial charge is 0.279 e. The number of hydrazone groups is 1. The van der Waals surface area contributed by atoms with Crippen molar-refractivity contribution in [2.24, 2.45) is 15.3 Å². The van der Waals surface area contributed by atoms with Crippen molar-refractivity contribution in [2.45, 2.75) is 0 Å². The largest absolute Gasteiger partial charge is 0.333 e. The van der Waals surface area contributed by atoms with E-state index in [-0.39, 0.29) is 0 Å². The van der Waals surface area contributed by atoms with Gasteiger partial charge in [-0.15, -0.1) is 15.3 Å². The zero-order valence-corrected chi connectivity index (χ0v) is 11.6. The third-order valence-corrected chi connectivity index (χ3v) is 2.93. The van der Waals surface area contributed by atoms with Crippen molar-refractivity contribution in [1.29, 1.82) is 0 Å². The van der Waals surface area contributed by atoms with Crippen molar-refractivity contribution in [3.05, 3.63) is 60.7 Å². The molecule has 0 bridgehead atoms. The molecule has 0 aliphatic carbocycles. The van der Waals surface area contributed by atoms with Crippen molar-refractivity contribution in [3.63, 3.8) is 0 Å². The van der Waals surface area contributed by atoms with Crippen LogP contribution in [0.4, 0.5) is 11.4 Å². The summed E-state index contributed by atoms with van der Waals surface area (Å²) in [7, 11) is -4.58. The quantitative estimate of drug-likeness (QED) is 0.299. The second-order valence-corrected chi connectivity index (χ2v) is 5.20. The van der Waals surface area contributed by atoms with Crippen LogP contribution < -0.4 is 5.43 Å². The molecule has 0 atom stereocenters. The van der Waals surface area contributed by atoms with Crippen LogP contribution in [0, 0.1) is 0 Å². The van der Waals surface area contributed by atoms with Crippen molar-refractivity contribution in [1.82, 2.24) is 0 Å². The van der Waals surface area contributed by atoms with E-state index in [2.05, 4.69) is 20.8 Å². The molecule has 0 heterocycles. The molecule has 0 amide bonds. The van der Waals surface area contributed by atoms with E-state index < -0.39 is 15.3 Å². The summed E-state index contributed by atoms with van der Waals surface area (Å²) >= 11 is 0. The lowest BCUT2D eigenvalue weighted by atomic mass is 10.3. The molecule has 0 aliphatic heterocycles. The van der Waals surface area contributed by atoms with E-state index in [0.29, 0.717) is 11.4 Å². The minimum atomic E-state index is -4.58. The number of benzene rings is 2. The average Bonchev–Trinajstić information content (AvgIpc) is 2.48. The minimum absolute atomic E-state index is 0.438. The van der Waals surface area contributed by atoms with Crippen LogP contribution in [0.25, 0.3) is 0 Å². The zero-order chi connectivity index (χ0) is 15.1. The summed E-state index contributed by atoms with van der Waals surface area (Å²) in [5.41, 5.74) is 3.47. The predicted octanol–water partition coefficient (Wildman–Crippen LogP) is 3.04. The molecule has 0 aliphatic rings. The van der Waals surface area contributed by atoms with Gasteiger partial charge in [0.15, 0.2) is 0 Å². The molecule has 2 N–H and O–H groups in total. The number of para-hydroxylation sites is 1. The Balaban J connectivity index is 2.22. The first kappa shape index (κ1) is 14.8. The van der Waals surface area contributed by atoms with Gasteiger partial charge in [0.25, 0.3) is 0 Å². The molecular formula is C13H12N4O3S. The first-order chi connectivity index (χ1) is 10.1. The number of azo groups is 1. The van der Waals surface area contributed by atoms with Crippen LogP contribution in [0.2, 0.25) is 0 Å². The molecule has 0 saturated heterocycles. The fraction of sp³-hybridized carbons (Fsp3) is 0. The Morgan fingerprint density at radius 1 is 0.952 bits per heavy atom. The van der Waals surface area contributed by atoms with Gasteiger partial charge in [0.05, 0.1) is 11.4 Å². The minimum Gasteiger partial charge on any atom is -0.279 e. The highest BCUT2D eigenvalue weighted by Gasteiger charge is 2.16.